The Kier molecular flexibility index (Phi) is 6.92. The maximum atomic E-state index is 12.4. The number of amides is 1. The Hall–Kier alpha value is -1.70. The molecule has 1 aromatic heterocycles. The van der Waals surface area contributed by atoms with E-state index >= 15 is 0 Å². The van der Waals surface area contributed by atoms with Crippen LogP contribution in [0, 0.1) is 0 Å². The van der Waals surface area contributed by atoms with Crippen LogP contribution in [0.1, 0.15) is 15.2 Å². The van der Waals surface area contributed by atoms with Crippen molar-refractivity contribution in [2.45, 2.75) is 0 Å². The predicted molar refractivity (Wildman–Crippen MR) is 75.9 cm³/mol. The molecule has 0 fully saturated rings. The molecule has 1 rings (SSSR count). The zero-order valence-electron chi connectivity index (χ0n) is 11.1. The summed E-state index contributed by atoms with van der Waals surface area (Å²) < 4.78 is 4.93. The van der Waals surface area contributed by atoms with Crippen molar-refractivity contribution in [2.75, 3.05) is 33.4 Å². The van der Waals surface area contributed by atoms with Gasteiger partial charge >= 0.3 is 5.97 Å². The fraction of sp³-hybridized carbons (Fsp3) is 0.385. The second-order valence-electron chi connectivity index (χ2n) is 3.89. The highest BCUT2D eigenvalue weighted by Gasteiger charge is 2.18. The molecule has 0 bridgehead atoms. The standard InChI is InChI=1S/C13H17NO5S/c1-19-8-6-14(5-7-15)13(18)12-10(4-9-20-12)2-3-11(16)17/h2-4,9,15H,5-8H2,1H3,(H,16,17)/b3-2+. The van der Waals surface area contributed by atoms with E-state index in [4.69, 9.17) is 14.9 Å². The van der Waals surface area contributed by atoms with Gasteiger partial charge in [0.1, 0.15) is 0 Å². The molecular formula is C13H17NO5S. The molecule has 6 nitrogen and oxygen atoms in total. The van der Waals surface area contributed by atoms with Crippen molar-refractivity contribution in [2.24, 2.45) is 0 Å². The second kappa shape index (κ2) is 8.47. The molecule has 110 valence electrons. The summed E-state index contributed by atoms with van der Waals surface area (Å²) in [4.78, 5) is 24.8. The van der Waals surface area contributed by atoms with Gasteiger partial charge in [-0.1, -0.05) is 0 Å². The normalized spacial score (nSPS) is 10.9. The van der Waals surface area contributed by atoms with Crippen molar-refractivity contribution >= 4 is 29.3 Å². The molecule has 0 aliphatic carbocycles. The summed E-state index contributed by atoms with van der Waals surface area (Å²) in [5.74, 6) is -1.31. The Morgan fingerprint density at radius 1 is 1.45 bits per heavy atom. The van der Waals surface area contributed by atoms with Crippen molar-refractivity contribution in [3.8, 4) is 0 Å². The quantitative estimate of drug-likeness (QED) is 0.697. The van der Waals surface area contributed by atoms with Crippen LogP contribution in [-0.2, 0) is 9.53 Å². The molecule has 0 saturated heterocycles. The minimum Gasteiger partial charge on any atom is -0.478 e. The summed E-state index contributed by atoms with van der Waals surface area (Å²) in [5, 5.41) is 19.4. The van der Waals surface area contributed by atoms with Gasteiger partial charge in [-0.2, -0.15) is 0 Å². The number of aliphatic hydroxyl groups is 1. The van der Waals surface area contributed by atoms with Crippen molar-refractivity contribution < 1.29 is 24.5 Å². The first-order valence-corrected chi connectivity index (χ1v) is 6.85. The van der Waals surface area contributed by atoms with Crippen LogP contribution < -0.4 is 0 Å². The van der Waals surface area contributed by atoms with Crippen LogP contribution in [0.15, 0.2) is 17.5 Å². The van der Waals surface area contributed by atoms with Crippen molar-refractivity contribution in [3.05, 3.63) is 28.0 Å². The number of hydrogen-bond donors (Lipinski definition) is 2. The Morgan fingerprint density at radius 2 is 2.20 bits per heavy atom. The molecule has 7 heteroatoms. The van der Waals surface area contributed by atoms with Crippen LogP contribution in [0.25, 0.3) is 6.08 Å². The van der Waals surface area contributed by atoms with E-state index in [1.807, 2.05) is 0 Å². The summed E-state index contributed by atoms with van der Waals surface area (Å²) >= 11 is 1.24. The van der Waals surface area contributed by atoms with E-state index in [-0.39, 0.29) is 19.1 Å². The molecule has 0 aromatic carbocycles. The summed E-state index contributed by atoms with van der Waals surface area (Å²) in [5.41, 5.74) is 0.558. The van der Waals surface area contributed by atoms with Crippen molar-refractivity contribution in [3.63, 3.8) is 0 Å². The minimum atomic E-state index is -1.07. The third-order valence-electron chi connectivity index (χ3n) is 2.52. The van der Waals surface area contributed by atoms with E-state index in [1.54, 1.807) is 11.4 Å². The van der Waals surface area contributed by atoms with E-state index in [1.165, 1.54) is 29.4 Å². The number of carbonyl (C=O) groups excluding carboxylic acids is 1. The predicted octanol–water partition coefficient (Wildman–Crippen LogP) is 0.927. The second-order valence-corrected chi connectivity index (χ2v) is 4.80. The van der Waals surface area contributed by atoms with E-state index in [2.05, 4.69) is 0 Å². The zero-order valence-corrected chi connectivity index (χ0v) is 11.9. The Balaban J connectivity index is 2.88. The summed E-state index contributed by atoms with van der Waals surface area (Å²) in [6.07, 6.45) is 2.38. The van der Waals surface area contributed by atoms with E-state index in [9.17, 15) is 9.59 Å². The van der Waals surface area contributed by atoms with Crippen molar-refractivity contribution in [1.29, 1.82) is 0 Å². The number of rotatable bonds is 8. The number of aliphatic carboxylic acids is 1. The van der Waals surface area contributed by atoms with Crippen LogP contribution in [0.2, 0.25) is 0 Å². The van der Waals surface area contributed by atoms with Gasteiger partial charge in [0.2, 0.25) is 0 Å². The Bertz CT molecular complexity index is 483. The highest BCUT2D eigenvalue weighted by Crippen LogP contribution is 2.20. The first-order chi connectivity index (χ1) is 9.60. The number of thiophene rings is 1. The van der Waals surface area contributed by atoms with Gasteiger partial charge in [0.25, 0.3) is 5.91 Å². The van der Waals surface area contributed by atoms with Gasteiger partial charge < -0.3 is 19.8 Å². The highest BCUT2D eigenvalue weighted by atomic mass is 32.1. The molecule has 20 heavy (non-hydrogen) atoms. The number of hydrogen-bond acceptors (Lipinski definition) is 5. The lowest BCUT2D eigenvalue weighted by Crippen LogP contribution is -2.36. The number of ether oxygens (including phenoxy) is 1. The highest BCUT2D eigenvalue weighted by molar-refractivity contribution is 7.12. The molecule has 0 saturated carbocycles. The van der Waals surface area contributed by atoms with Gasteiger partial charge in [0, 0.05) is 26.3 Å². The molecule has 1 aromatic rings. The molecule has 1 heterocycles. The lowest BCUT2D eigenvalue weighted by molar-refractivity contribution is -0.131. The third kappa shape index (κ3) is 4.76. The average Bonchev–Trinajstić information content (AvgIpc) is 2.88. The molecule has 0 unspecified atom stereocenters. The first kappa shape index (κ1) is 16.4. The van der Waals surface area contributed by atoms with Gasteiger partial charge in [-0.25, -0.2) is 4.79 Å². The van der Waals surface area contributed by atoms with Crippen LogP contribution >= 0.6 is 11.3 Å². The monoisotopic (exact) mass is 299 g/mol. The Morgan fingerprint density at radius 3 is 2.80 bits per heavy atom. The Labute approximate surface area is 120 Å². The lowest BCUT2D eigenvalue weighted by atomic mass is 10.2. The first-order valence-electron chi connectivity index (χ1n) is 5.97. The smallest absolute Gasteiger partial charge is 0.328 e. The van der Waals surface area contributed by atoms with Gasteiger partial charge in [-0.05, 0) is 23.1 Å². The van der Waals surface area contributed by atoms with E-state index in [0.717, 1.165) is 6.08 Å². The number of aliphatic hydroxyl groups excluding tert-OH is 1. The van der Waals surface area contributed by atoms with E-state index < -0.39 is 5.97 Å². The van der Waals surface area contributed by atoms with Crippen LogP contribution in [0.3, 0.4) is 0 Å². The summed E-state index contributed by atoms with van der Waals surface area (Å²) in [6.45, 7) is 0.816. The molecule has 0 atom stereocenters. The summed E-state index contributed by atoms with van der Waals surface area (Å²) in [6, 6.07) is 1.69. The zero-order chi connectivity index (χ0) is 15.0. The fourth-order valence-electron chi connectivity index (χ4n) is 1.57. The average molecular weight is 299 g/mol. The molecule has 0 radical (unpaired) electrons. The molecule has 1 amide bonds. The number of carbonyl (C=O) groups is 2. The topological polar surface area (TPSA) is 87.1 Å². The number of methoxy groups -OCH3 is 1. The molecule has 0 aliphatic rings. The van der Waals surface area contributed by atoms with Crippen molar-refractivity contribution in [1.82, 2.24) is 4.90 Å². The van der Waals surface area contributed by atoms with Gasteiger partial charge in [-0.15, -0.1) is 11.3 Å². The largest absolute Gasteiger partial charge is 0.478 e. The van der Waals surface area contributed by atoms with Crippen LogP contribution in [-0.4, -0.2) is 60.4 Å². The number of carboxylic acid groups (broad SMARTS) is 1. The van der Waals surface area contributed by atoms with Gasteiger partial charge in [0.05, 0.1) is 18.1 Å². The van der Waals surface area contributed by atoms with Crippen LogP contribution in [0.4, 0.5) is 0 Å². The fourth-order valence-corrected chi connectivity index (χ4v) is 2.42. The van der Waals surface area contributed by atoms with E-state index in [0.29, 0.717) is 23.6 Å². The number of carboxylic acids is 1. The van der Waals surface area contributed by atoms with Gasteiger partial charge in [0.15, 0.2) is 0 Å². The maximum absolute atomic E-state index is 12.4. The number of nitrogens with zero attached hydrogens (tertiary/aromatic N) is 1. The third-order valence-corrected chi connectivity index (χ3v) is 3.44. The molecule has 2 N–H and O–H groups in total. The SMILES string of the molecule is COCCN(CCO)C(=O)c1sccc1/C=C/C(=O)O. The van der Waals surface area contributed by atoms with Crippen LogP contribution in [0.5, 0.6) is 0 Å². The maximum Gasteiger partial charge on any atom is 0.328 e. The lowest BCUT2D eigenvalue weighted by Gasteiger charge is -2.21. The minimum absolute atomic E-state index is 0.138. The molecule has 0 spiro atoms. The van der Waals surface area contributed by atoms with Gasteiger partial charge in [-0.3, -0.25) is 4.79 Å². The molecular weight excluding hydrogens is 282 g/mol. The summed E-state index contributed by atoms with van der Waals surface area (Å²) in [7, 11) is 1.54. The molecule has 0 aliphatic heterocycles.